The second-order valence-corrected chi connectivity index (χ2v) is 6.18. The van der Waals surface area contributed by atoms with Gasteiger partial charge in [-0.25, -0.2) is 0 Å². The Kier molecular flexibility index (Phi) is 3.04. The molecule has 106 valence electrons. The summed E-state index contributed by atoms with van der Waals surface area (Å²) in [6.07, 6.45) is 1.70. The van der Waals surface area contributed by atoms with Crippen molar-refractivity contribution >= 4 is 17.5 Å². The highest BCUT2D eigenvalue weighted by molar-refractivity contribution is 6.05. The molecule has 2 fully saturated rings. The van der Waals surface area contributed by atoms with Crippen molar-refractivity contribution in [1.82, 2.24) is 4.90 Å². The number of hydrogen-bond donors (Lipinski definition) is 1. The van der Waals surface area contributed by atoms with Gasteiger partial charge in [-0.1, -0.05) is 19.1 Å². The standard InChI is InChI=1S/C16H20N2O2/c1-9-6-12-13(7-9)16(20)18(15(12)19)8-11-4-3-5-14(17)10(11)2/h3-5,9,12-13H,6-8,17H2,1-2H3. The van der Waals surface area contributed by atoms with Crippen LogP contribution in [0.15, 0.2) is 18.2 Å². The summed E-state index contributed by atoms with van der Waals surface area (Å²) in [7, 11) is 0. The first-order valence-corrected chi connectivity index (χ1v) is 7.18. The van der Waals surface area contributed by atoms with E-state index < -0.39 is 0 Å². The summed E-state index contributed by atoms with van der Waals surface area (Å²) in [4.78, 5) is 26.3. The number of anilines is 1. The molecule has 1 heterocycles. The molecule has 2 atom stereocenters. The largest absolute Gasteiger partial charge is 0.399 e. The Morgan fingerprint density at radius 1 is 1.20 bits per heavy atom. The topological polar surface area (TPSA) is 63.4 Å². The molecule has 20 heavy (non-hydrogen) atoms. The Morgan fingerprint density at radius 2 is 1.80 bits per heavy atom. The molecular formula is C16H20N2O2. The Hall–Kier alpha value is -1.84. The van der Waals surface area contributed by atoms with E-state index in [-0.39, 0.29) is 23.7 Å². The van der Waals surface area contributed by atoms with Gasteiger partial charge in [0.05, 0.1) is 18.4 Å². The molecule has 2 amide bonds. The number of nitrogens with zero attached hydrogens (tertiary/aromatic N) is 1. The van der Waals surface area contributed by atoms with Gasteiger partial charge in [0.1, 0.15) is 0 Å². The molecule has 3 rings (SSSR count). The maximum absolute atomic E-state index is 12.4. The number of carbonyl (C=O) groups is 2. The van der Waals surface area contributed by atoms with Crippen LogP contribution in [0.3, 0.4) is 0 Å². The normalized spacial score (nSPS) is 29.1. The highest BCUT2D eigenvalue weighted by Crippen LogP contribution is 2.43. The number of benzene rings is 1. The van der Waals surface area contributed by atoms with E-state index in [4.69, 9.17) is 5.73 Å². The van der Waals surface area contributed by atoms with Crippen molar-refractivity contribution in [2.45, 2.75) is 33.2 Å². The lowest BCUT2D eigenvalue weighted by molar-refractivity contribution is -0.141. The van der Waals surface area contributed by atoms with E-state index in [0.717, 1.165) is 24.0 Å². The smallest absolute Gasteiger partial charge is 0.233 e. The van der Waals surface area contributed by atoms with Crippen LogP contribution >= 0.6 is 0 Å². The zero-order chi connectivity index (χ0) is 14.4. The van der Waals surface area contributed by atoms with Gasteiger partial charge < -0.3 is 5.73 Å². The van der Waals surface area contributed by atoms with Crippen molar-refractivity contribution < 1.29 is 9.59 Å². The van der Waals surface area contributed by atoms with Gasteiger partial charge in [-0.3, -0.25) is 14.5 Å². The van der Waals surface area contributed by atoms with Crippen LogP contribution in [-0.4, -0.2) is 16.7 Å². The first kappa shape index (κ1) is 13.2. The molecule has 1 saturated carbocycles. The van der Waals surface area contributed by atoms with Crippen molar-refractivity contribution in [1.29, 1.82) is 0 Å². The molecule has 1 aromatic carbocycles. The third-order valence-corrected chi connectivity index (χ3v) is 4.78. The van der Waals surface area contributed by atoms with Crippen LogP contribution in [0.25, 0.3) is 0 Å². The summed E-state index contributed by atoms with van der Waals surface area (Å²) in [5, 5.41) is 0. The molecule has 1 aliphatic carbocycles. The van der Waals surface area contributed by atoms with Crippen LogP contribution in [0.2, 0.25) is 0 Å². The molecule has 2 aliphatic rings. The number of imide groups is 1. The van der Waals surface area contributed by atoms with Gasteiger partial charge >= 0.3 is 0 Å². The highest BCUT2D eigenvalue weighted by Gasteiger charge is 2.51. The van der Waals surface area contributed by atoms with Gasteiger partial charge in [0, 0.05) is 5.69 Å². The van der Waals surface area contributed by atoms with Crippen LogP contribution < -0.4 is 5.73 Å². The minimum absolute atomic E-state index is 0.00572. The van der Waals surface area contributed by atoms with E-state index in [1.807, 2.05) is 25.1 Å². The van der Waals surface area contributed by atoms with Crippen molar-refractivity contribution in [2.24, 2.45) is 17.8 Å². The molecule has 0 aromatic heterocycles. The van der Waals surface area contributed by atoms with Crippen molar-refractivity contribution in [3.05, 3.63) is 29.3 Å². The summed E-state index contributed by atoms with van der Waals surface area (Å²) in [6, 6.07) is 5.64. The van der Waals surface area contributed by atoms with Gasteiger partial charge in [0.2, 0.25) is 11.8 Å². The zero-order valence-electron chi connectivity index (χ0n) is 11.9. The number of carbonyl (C=O) groups excluding carboxylic acids is 2. The fourth-order valence-electron chi connectivity index (χ4n) is 3.55. The van der Waals surface area contributed by atoms with E-state index in [1.54, 1.807) is 0 Å². The fourth-order valence-corrected chi connectivity index (χ4v) is 3.55. The average molecular weight is 272 g/mol. The van der Waals surface area contributed by atoms with Crippen LogP contribution in [0.5, 0.6) is 0 Å². The Labute approximate surface area is 118 Å². The van der Waals surface area contributed by atoms with Crippen LogP contribution in [0.1, 0.15) is 30.9 Å². The molecule has 1 aromatic rings. The molecule has 2 N–H and O–H groups in total. The Balaban J connectivity index is 1.84. The average Bonchev–Trinajstić information content (AvgIpc) is 2.89. The lowest BCUT2D eigenvalue weighted by Gasteiger charge is -2.18. The monoisotopic (exact) mass is 272 g/mol. The quantitative estimate of drug-likeness (QED) is 0.662. The van der Waals surface area contributed by atoms with E-state index in [0.29, 0.717) is 18.2 Å². The third-order valence-electron chi connectivity index (χ3n) is 4.78. The maximum atomic E-state index is 12.4. The van der Waals surface area contributed by atoms with Gasteiger partial charge in [-0.2, -0.15) is 0 Å². The number of nitrogen functional groups attached to an aromatic ring is 1. The fraction of sp³-hybridized carbons (Fsp3) is 0.500. The first-order chi connectivity index (χ1) is 9.49. The maximum Gasteiger partial charge on any atom is 0.233 e. The van der Waals surface area contributed by atoms with Gasteiger partial charge in [-0.05, 0) is 42.9 Å². The first-order valence-electron chi connectivity index (χ1n) is 7.18. The Bertz CT molecular complexity index is 558. The SMILES string of the molecule is Cc1c(N)cccc1CN1C(=O)C2CC(C)CC2C1=O. The van der Waals surface area contributed by atoms with Gasteiger partial charge in [0.15, 0.2) is 0 Å². The lowest BCUT2D eigenvalue weighted by Crippen LogP contribution is -2.32. The van der Waals surface area contributed by atoms with Gasteiger partial charge in [-0.15, -0.1) is 0 Å². The molecule has 0 spiro atoms. The molecule has 1 saturated heterocycles. The molecule has 4 heteroatoms. The molecule has 4 nitrogen and oxygen atoms in total. The van der Waals surface area contributed by atoms with E-state index in [2.05, 4.69) is 6.92 Å². The van der Waals surface area contributed by atoms with Crippen molar-refractivity contribution in [2.75, 3.05) is 5.73 Å². The minimum atomic E-state index is -0.0844. The van der Waals surface area contributed by atoms with E-state index in [9.17, 15) is 9.59 Å². The van der Waals surface area contributed by atoms with Gasteiger partial charge in [0.25, 0.3) is 0 Å². The minimum Gasteiger partial charge on any atom is -0.399 e. The van der Waals surface area contributed by atoms with Crippen LogP contribution in [-0.2, 0) is 16.1 Å². The number of rotatable bonds is 2. The van der Waals surface area contributed by atoms with E-state index >= 15 is 0 Å². The van der Waals surface area contributed by atoms with E-state index in [1.165, 1.54) is 4.90 Å². The molecular weight excluding hydrogens is 252 g/mol. The highest BCUT2D eigenvalue weighted by atomic mass is 16.2. The number of amides is 2. The number of fused-ring (bicyclic) bond motifs is 1. The molecule has 2 unspecified atom stereocenters. The van der Waals surface area contributed by atoms with Crippen molar-refractivity contribution in [3.8, 4) is 0 Å². The van der Waals surface area contributed by atoms with Crippen LogP contribution in [0, 0.1) is 24.7 Å². The number of hydrogen-bond acceptors (Lipinski definition) is 3. The third kappa shape index (κ3) is 1.90. The second-order valence-electron chi connectivity index (χ2n) is 6.18. The second kappa shape index (κ2) is 4.62. The number of nitrogens with two attached hydrogens (primary N) is 1. The summed E-state index contributed by atoms with van der Waals surface area (Å²) in [5.41, 5.74) is 8.51. The predicted molar refractivity (Wildman–Crippen MR) is 76.5 cm³/mol. The lowest BCUT2D eigenvalue weighted by atomic mass is 10.00. The molecule has 1 aliphatic heterocycles. The molecule has 0 bridgehead atoms. The summed E-state index contributed by atoms with van der Waals surface area (Å²) in [5.74, 6) is 0.323. The zero-order valence-corrected chi connectivity index (χ0v) is 11.9. The predicted octanol–water partition coefficient (Wildman–Crippen LogP) is 2.11. The molecule has 0 radical (unpaired) electrons. The summed E-state index contributed by atoms with van der Waals surface area (Å²) >= 11 is 0. The summed E-state index contributed by atoms with van der Waals surface area (Å²) < 4.78 is 0. The number of likely N-dealkylation sites (tertiary alicyclic amines) is 1. The van der Waals surface area contributed by atoms with Crippen LogP contribution in [0.4, 0.5) is 5.69 Å². The Morgan fingerprint density at radius 3 is 2.40 bits per heavy atom. The van der Waals surface area contributed by atoms with Crippen molar-refractivity contribution in [3.63, 3.8) is 0 Å². The summed E-state index contributed by atoms with van der Waals surface area (Å²) in [6.45, 7) is 4.40.